The Morgan fingerprint density at radius 1 is 0.410 bits per heavy atom. The van der Waals surface area contributed by atoms with E-state index in [4.69, 9.17) is 24.5 Å². The number of carbonyl (C=O) groups excluding carboxylic acids is 2. The minimum absolute atomic E-state index is 0.144. The topological polar surface area (TPSA) is 286 Å². The molecule has 24 nitrogen and oxygen atoms in total. The molecule has 0 aliphatic carbocycles. The number of anilines is 2. The third-order valence-corrected chi connectivity index (χ3v) is 25.8. The number of benzene rings is 8. The number of methoxy groups -OCH3 is 2. The van der Waals surface area contributed by atoms with E-state index in [-0.39, 0.29) is 28.3 Å². The monoisotopic (exact) mass is 2120 g/mol. The Kier molecular flexibility index (Phi) is 35.4. The van der Waals surface area contributed by atoms with Gasteiger partial charge in [0.2, 0.25) is 0 Å². The molecule has 0 atom stereocenters. The minimum atomic E-state index is -1.71. The largest absolute Gasteiger partial charge is 0.505 e. The summed E-state index contributed by atoms with van der Waals surface area (Å²) in [7, 11) is 9.13. The lowest BCUT2D eigenvalue weighted by Gasteiger charge is -2.25. The zero-order chi connectivity index (χ0) is 97.2. The molecule has 6 N–H and O–H groups in total. The van der Waals surface area contributed by atoms with Crippen LogP contribution in [0.25, 0.3) is 67.2 Å². The lowest BCUT2D eigenvalue weighted by molar-refractivity contribution is 0.0593. The van der Waals surface area contributed by atoms with Crippen molar-refractivity contribution in [1.29, 1.82) is 0 Å². The molecule has 692 valence electrons. The van der Waals surface area contributed by atoms with Crippen molar-refractivity contribution < 1.29 is 56.7 Å². The second-order valence-electron chi connectivity index (χ2n) is 31.6. The predicted molar refractivity (Wildman–Crippen MR) is 541 cm³/mol. The lowest BCUT2D eigenvalue weighted by Crippen LogP contribution is -2.30. The first kappa shape index (κ1) is 102. The summed E-state index contributed by atoms with van der Waals surface area (Å²) in [6.07, 6.45) is 4.83. The van der Waals surface area contributed by atoms with Gasteiger partial charge in [-0.25, -0.2) is 62.0 Å². The van der Waals surface area contributed by atoms with Crippen LogP contribution in [0, 0.1) is 96.3 Å². The predicted octanol–water partition coefficient (Wildman–Crippen LogP) is 19.8. The van der Waals surface area contributed by atoms with E-state index < -0.39 is 37.8 Å². The Hall–Kier alpha value is -12.4. The molecule has 0 amide bonds. The number of halogens is 8. The summed E-state index contributed by atoms with van der Waals surface area (Å²) in [6.45, 7) is 22.3. The average molecular weight is 2120 g/mol. The van der Waals surface area contributed by atoms with E-state index in [9.17, 15) is 32.8 Å². The van der Waals surface area contributed by atoms with Gasteiger partial charge in [0.1, 0.15) is 40.7 Å². The van der Waals surface area contributed by atoms with Crippen molar-refractivity contribution >= 4 is 141 Å². The summed E-state index contributed by atoms with van der Waals surface area (Å²) in [5, 5.41) is 37.7. The van der Waals surface area contributed by atoms with Crippen LogP contribution in [-0.4, -0.2) is 128 Å². The lowest BCUT2D eigenvalue weighted by atomic mass is 9.80. The van der Waals surface area contributed by atoms with E-state index in [1.54, 1.807) is 30.3 Å². The van der Waals surface area contributed by atoms with Crippen molar-refractivity contribution in [2.24, 2.45) is 35.2 Å². The molecule has 34 heteroatoms. The third-order valence-electron chi connectivity index (χ3n) is 22.9. The normalized spacial score (nSPS) is 10.8. The van der Waals surface area contributed by atoms with Gasteiger partial charge in [-0.2, -0.15) is 0 Å². The molecule has 17 aromatic rings. The molecule has 9 aromatic heterocycles. The van der Waals surface area contributed by atoms with Crippen LogP contribution < -0.4 is 20.9 Å². The first-order valence-corrected chi connectivity index (χ1v) is 45.7. The van der Waals surface area contributed by atoms with Crippen molar-refractivity contribution in [2.75, 3.05) is 24.0 Å². The number of esters is 2. The van der Waals surface area contributed by atoms with Crippen LogP contribution in [0.4, 0.5) is 29.2 Å². The number of H-pyrrole nitrogens is 2. The molecule has 0 radical (unpaired) electrons. The number of nitrogens with zero attached hydrogens (tertiary/aromatic N) is 14. The highest BCUT2D eigenvalue weighted by atomic mass is 127. The maximum Gasteiger partial charge on any atom is 0.505 e. The molecule has 0 bridgehead atoms. The molecule has 8 aromatic carbocycles. The van der Waals surface area contributed by atoms with Crippen LogP contribution in [0.15, 0.2) is 238 Å². The Balaban J connectivity index is 0.000000164. The number of aromatic amines is 2. The van der Waals surface area contributed by atoms with Gasteiger partial charge < -0.3 is 72.2 Å². The van der Waals surface area contributed by atoms with E-state index in [0.717, 1.165) is 100 Å². The van der Waals surface area contributed by atoms with Crippen LogP contribution >= 0.6 is 70.4 Å². The highest BCUT2D eigenvalue weighted by Gasteiger charge is 2.27. The highest BCUT2D eigenvalue weighted by Crippen LogP contribution is 2.38. The number of hydrogen-bond acceptors (Lipinski definition) is 17. The summed E-state index contributed by atoms with van der Waals surface area (Å²) >= 11 is 11.4. The molecule has 0 saturated carbocycles. The van der Waals surface area contributed by atoms with Gasteiger partial charge >= 0.3 is 26.2 Å². The summed E-state index contributed by atoms with van der Waals surface area (Å²) in [5.74, 6) is 1.05. The summed E-state index contributed by atoms with van der Waals surface area (Å²) in [6, 6.07) is 62.7. The number of nitrogens with one attached hydrogen (secondary N) is 2. The first-order valence-electron chi connectivity index (χ1n) is 42.2. The van der Waals surface area contributed by atoms with Gasteiger partial charge in [0, 0.05) is 147 Å². The Morgan fingerprint density at radius 3 is 1.05 bits per heavy atom. The molecule has 0 aliphatic heterocycles. The number of fused-ring (bicyclic) bond motifs is 2. The molecule has 0 saturated heterocycles. The summed E-state index contributed by atoms with van der Waals surface area (Å²) in [4.78, 5) is 66.9. The van der Waals surface area contributed by atoms with Crippen molar-refractivity contribution in [3.05, 3.63) is 356 Å². The molecule has 0 spiro atoms. The molecular formula is C100H102B2Br3F4IN16O8. The molecule has 9 heterocycles. The van der Waals surface area contributed by atoms with Crippen LogP contribution in [-0.2, 0) is 70.9 Å². The molecule has 0 aliphatic rings. The standard InChI is InChI=1S/C35H32FN5O2.C23H22BN3O4.2C12H12BrFN2.C6H5BBrFO2.C6H9IN2.C6H10N2/c1-22-23(2)40(3)33(38-22)26-15-16-27(30(36)17-26)31-18-28-29(35(42)43-4)19-37-34(32(28)39-31)41(20-24-11-7-5-8-12-24)21-25-13-9-6-10-14-25;1-31-23(28)19-13-25-22(21-18(19)12-20(26-21)24(29)30)27(14-16-8-4-2-5-9-16)15-17-10-6-3-7-11-17;2*1-7-8(2)16(3)12(15-7)9-4-5-10(13)11(14)6-9;8-5-2-1-4(7(10)11)3-6(5)9;1-4-5(2)9(3)6(7)8-4;1-5-6(2)8(3)4-7-5/h5-19,39H,20-21H2,1-4H3;2-13,26,29-30H,14-15H2,1H3;2*4-6H,1-3H3;1-3,10-11H;1-3H3;4H,1-3H3. The van der Waals surface area contributed by atoms with Gasteiger partial charge in [0.15, 0.2) is 15.5 Å². The van der Waals surface area contributed by atoms with E-state index in [0.29, 0.717) is 101 Å². The molecular weight excluding hydrogens is 2020 g/mol. The van der Waals surface area contributed by atoms with Gasteiger partial charge in [-0.1, -0.05) is 133 Å². The molecule has 17 rings (SSSR count). The smallest absolute Gasteiger partial charge is 0.465 e. The van der Waals surface area contributed by atoms with E-state index >= 15 is 4.39 Å². The number of imidazole rings is 5. The number of aromatic nitrogens is 14. The zero-order valence-corrected chi connectivity index (χ0v) is 84.0. The number of hydrogen-bond donors (Lipinski definition) is 6. The van der Waals surface area contributed by atoms with E-state index in [1.165, 1.54) is 68.3 Å². The quantitative estimate of drug-likeness (QED) is 0.0201. The van der Waals surface area contributed by atoms with Gasteiger partial charge in [0.05, 0.1) is 84.6 Å². The van der Waals surface area contributed by atoms with Crippen LogP contribution in [0.2, 0.25) is 0 Å². The van der Waals surface area contributed by atoms with Crippen molar-refractivity contribution in [2.45, 2.75) is 95.4 Å². The van der Waals surface area contributed by atoms with Crippen molar-refractivity contribution in [3.63, 3.8) is 0 Å². The molecule has 0 unspecified atom stereocenters. The molecule has 0 fully saturated rings. The fourth-order valence-corrected chi connectivity index (χ4v) is 15.6. The van der Waals surface area contributed by atoms with E-state index in [1.807, 2.05) is 230 Å². The second kappa shape index (κ2) is 46.5. The number of rotatable bonds is 18. The first-order chi connectivity index (χ1) is 63.9. The fourth-order valence-electron chi connectivity index (χ4n) is 14.2. The number of pyridine rings is 2. The minimum Gasteiger partial charge on any atom is -0.465 e. The van der Waals surface area contributed by atoms with Gasteiger partial charge in [-0.15, -0.1) is 0 Å². The van der Waals surface area contributed by atoms with Gasteiger partial charge in [0.25, 0.3) is 0 Å². The maximum atomic E-state index is 15.8. The maximum absolute atomic E-state index is 15.8. The number of aryl methyl sites for hydroxylation is 6. The van der Waals surface area contributed by atoms with Crippen LogP contribution in [0.5, 0.6) is 0 Å². The van der Waals surface area contributed by atoms with Crippen LogP contribution in [0.1, 0.15) is 99.9 Å². The van der Waals surface area contributed by atoms with Gasteiger partial charge in [-0.3, -0.25) is 0 Å². The zero-order valence-electron chi connectivity index (χ0n) is 77.1. The fraction of sp³-hybridized carbons (Fsp3) is 0.210. The van der Waals surface area contributed by atoms with Crippen molar-refractivity contribution in [3.8, 4) is 45.4 Å². The summed E-state index contributed by atoms with van der Waals surface area (Å²) < 4.78 is 77.5. The SMILES string of the molecule is COC(=O)c1cnc(N(Cc2ccccc2)Cc2ccccc2)c2[nH]c(-c3ccc(-c4nc(C)c(C)n4C)cc3F)cc12.COC(=O)c1cnc(N(Cc2ccccc2)Cc2ccccc2)c2[nH]c(B(O)O)cc12.Cc1nc(-c2ccc(Br)c(F)c2)n(C)c1C.Cc1nc(-c2ccc(Br)c(F)c2)n(C)c1C.Cc1nc(I)n(C)c1C.Cc1ncn(C)c1C.OB(O)c1ccc(Br)c(F)c1. The average Bonchev–Trinajstić information content (AvgIpc) is 1.61. The van der Waals surface area contributed by atoms with Crippen molar-refractivity contribution in [1.82, 2.24) is 67.7 Å². The Bertz CT molecular complexity index is 6730. The Morgan fingerprint density at radius 2 is 0.761 bits per heavy atom. The number of ether oxygens (including phenoxy) is 2. The summed E-state index contributed by atoms with van der Waals surface area (Å²) in [5.41, 5.74) is 20.4. The van der Waals surface area contributed by atoms with Gasteiger partial charge in [-0.05, 0) is 240 Å². The number of carbonyl (C=O) groups is 2. The molecule has 134 heavy (non-hydrogen) atoms. The van der Waals surface area contributed by atoms with E-state index in [2.05, 4.69) is 163 Å². The Labute approximate surface area is 815 Å². The third kappa shape index (κ3) is 25.2. The highest BCUT2D eigenvalue weighted by molar-refractivity contribution is 14.1. The van der Waals surface area contributed by atoms with Crippen LogP contribution in [0.3, 0.4) is 0 Å². The second-order valence-corrected chi connectivity index (χ2v) is 35.1.